The molecule has 0 unspecified atom stereocenters. The van der Waals surface area contributed by atoms with Crippen LogP contribution < -0.4 is 24.8 Å². The summed E-state index contributed by atoms with van der Waals surface area (Å²) in [5, 5.41) is 6.38. The van der Waals surface area contributed by atoms with Crippen molar-refractivity contribution in [1.82, 2.24) is 15.2 Å². The Morgan fingerprint density at radius 3 is 2.55 bits per heavy atom. The quantitative estimate of drug-likeness (QED) is 0.373. The Bertz CT molecular complexity index is 1430. The highest BCUT2D eigenvalue weighted by molar-refractivity contribution is 5.95. The van der Waals surface area contributed by atoms with E-state index in [-0.39, 0.29) is 12.0 Å². The van der Waals surface area contributed by atoms with Gasteiger partial charge in [-0.3, -0.25) is 4.79 Å². The van der Waals surface area contributed by atoms with Crippen LogP contribution in [0.1, 0.15) is 44.0 Å². The van der Waals surface area contributed by atoms with Gasteiger partial charge in [0.25, 0.3) is 5.91 Å². The summed E-state index contributed by atoms with van der Waals surface area (Å²) in [5.41, 5.74) is 2.95. The van der Waals surface area contributed by atoms with Crippen LogP contribution in [0.25, 0.3) is 11.3 Å². The molecule has 2 aromatic carbocycles. The minimum absolute atomic E-state index is 0.148. The van der Waals surface area contributed by atoms with Crippen LogP contribution in [0.15, 0.2) is 54.6 Å². The zero-order chi connectivity index (χ0) is 29.7. The van der Waals surface area contributed by atoms with Crippen molar-refractivity contribution in [2.45, 2.75) is 39.2 Å². The highest BCUT2D eigenvalue weighted by atomic mass is 16.6. The number of likely N-dealkylation sites (tertiary alicyclic amines) is 1. The van der Waals surface area contributed by atoms with Crippen molar-refractivity contribution in [2.24, 2.45) is 5.92 Å². The molecular weight excluding hydrogens is 536 g/mol. The average Bonchev–Trinajstić information content (AvgIpc) is 2.99. The van der Waals surface area contributed by atoms with Gasteiger partial charge >= 0.3 is 6.09 Å². The standard InChI is InChI=1S/C32H38N4O6/c1-32(2,3)42-31(38)36-15-13-21(14-16-36)20-33-29(37)22-7-5-8-23(19-22)34-26-12-11-25(35-30(26)39-4)24-9-6-10-27-28(24)41-18-17-40-27/h5-12,19,21,34H,13-18,20H2,1-4H3,(H,33,37). The number of methoxy groups -OCH3 is 1. The Balaban J connectivity index is 1.19. The Morgan fingerprint density at radius 2 is 1.79 bits per heavy atom. The van der Waals surface area contributed by atoms with E-state index in [1.54, 1.807) is 24.1 Å². The maximum atomic E-state index is 13.0. The number of para-hydroxylation sites is 1. The highest BCUT2D eigenvalue weighted by Crippen LogP contribution is 2.40. The van der Waals surface area contributed by atoms with E-state index in [9.17, 15) is 9.59 Å². The summed E-state index contributed by atoms with van der Waals surface area (Å²) in [6.45, 7) is 8.39. The van der Waals surface area contributed by atoms with Gasteiger partial charge in [-0.05, 0) is 82.0 Å². The summed E-state index contributed by atoms with van der Waals surface area (Å²) >= 11 is 0. The molecule has 10 nitrogen and oxygen atoms in total. The molecule has 1 saturated heterocycles. The number of carbonyl (C=O) groups is 2. The lowest BCUT2D eigenvalue weighted by atomic mass is 9.97. The minimum atomic E-state index is -0.511. The second-order valence-corrected chi connectivity index (χ2v) is 11.4. The fourth-order valence-corrected chi connectivity index (χ4v) is 5.00. The minimum Gasteiger partial charge on any atom is -0.486 e. The summed E-state index contributed by atoms with van der Waals surface area (Å²) in [6, 6.07) is 16.8. The highest BCUT2D eigenvalue weighted by Gasteiger charge is 2.27. The zero-order valence-electron chi connectivity index (χ0n) is 24.6. The van der Waals surface area contributed by atoms with Gasteiger partial charge in [-0.15, -0.1) is 0 Å². The summed E-state index contributed by atoms with van der Waals surface area (Å²) in [6.07, 6.45) is 1.35. The predicted molar refractivity (Wildman–Crippen MR) is 160 cm³/mol. The van der Waals surface area contributed by atoms with Crippen LogP contribution in [0.4, 0.5) is 16.2 Å². The number of rotatable bonds is 7. The zero-order valence-corrected chi connectivity index (χ0v) is 24.6. The number of fused-ring (bicyclic) bond motifs is 1. The summed E-state index contributed by atoms with van der Waals surface area (Å²) < 4.78 is 22.6. The largest absolute Gasteiger partial charge is 0.486 e. The van der Waals surface area contributed by atoms with E-state index < -0.39 is 5.60 Å². The van der Waals surface area contributed by atoms with E-state index in [1.165, 1.54) is 0 Å². The topological polar surface area (TPSA) is 111 Å². The number of pyridine rings is 1. The SMILES string of the molecule is COc1nc(-c2cccc3c2OCCO3)ccc1Nc1cccc(C(=O)NCC2CCN(C(=O)OC(C)(C)C)CC2)c1. The molecule has 0 spiro atoms. The van der Waals surface area contributed by atoms with Crippen molar-refractivity contribution < 1.29 is 28.5 Å². The first-order chi connectivity index (χ1) is 20.2. The van der Waals surface area contributed by atoms with Crippen molar-refractivity contribution in [3.8, 4) is 28.6 Å². The fraction of sp³-hybridized carbons (Fsp3) is 0.406. The number of anilines is 2. The van der Waals surface area contributed by atoms with Gasteiger partial charge in [-0.25, -0.2) is 9.78 Å². The Kier molecular flexibility index (Phi) is 8.70. The third-order valence-electron chi connectivity index (χ3n) is 7.12. The lowest BCUT2D eigenvalue weighted by Crippen LogP contribution is -2.43. The van der Waals surface area contributed by atoms with Crippen molar-refractivity contribution >= 4 is 23.4 Å². The smallest absolute Gasteiger partial charge is 0.410 e. The Labute approximate surface area is 246 Å². The maximum absolute atomic E-state index is 13.0. The number of nitrogens with one attached hydrogen (secondary N) is 2. The third-order valence-corrected chi connectivity index (χ3v) is 7.12. The van der Waals surface area contributed by atoms with Gasteiger partial charge in [-0.2, -0.15) is 0 Å². The van der Waals surface area contributed by atoms with Crippen LogP contribution in [0, 0.1) is 5.92 Å². The molecule has 0 atom stereocenters. The number of benzene rings is 2. The summed E-state index contributed by atoms with van der Waals surface area (Å²) in [4.78, 5) is 31.7. The molecule has 2 aliphatic heterocycles. The van der Waals surface area contributed by atoms with Crippen molar-refractivity contribution in [1.29, 1.82) is 0 Å². The van der Waals surface area contributed by atoms with Crippen molar-refractivity contribution in [3.63, 3.8) is 0 Å². The molecule has 0 aliphatic carbocycles. The van der Waals surface area contributed by atoms with E-state index in [0.29, 0.717) is 73.1 Å². The Morgan fingerprint density at radius 1 is 1.02 bits per heavy atom. The van der Waals surface area contributed by atoms with Crippen LogP contribution in [-0.2, 0) is 4.74 Å². The van der Waals surface area contributed by atoms with Crippen LogP contribution in [-0.4, -0.2) is 67.4 Å². The second kappa shape index (κ2) is 12.6. The molecule has 2 N–H and O–H groups in total. The molecule has 222 valence electrons. The van der Waals surface area contributed by atoms with Gasteiger partial charge in [0, 0.05) is 36.4 Å². The molecule has 2 amide bonds. The first kappa shape index (κ1) is 29.0. The molecule has 1 aromatic heterocycles. The number of hydrogen-bond acceptors (Lipinski definition) is 8. The van der Waals surface area contributed by atoms with Gasteiger partial charge in [0.05, 0.1) is 12.8 Å². The number of piperidine rings is 1. The number of nitrogens with zero attached hydrogens (tertiary/aromatic N) is 2. The normalized spacial score (nSPS) is 15.1. The van der Waals surface area contributed by atoms with E-state index in [4.69, 9.17) is 23.9 Å². The lowest BCUT2D eigenvalue weighted by molar-refractivity contribution is 0.0183. The van der Waals surface area contributed by atoms with Gasteiger partial charge in [0.2, 0.25) is 5.88 Å². The van der Waals surface area contributed by atoms with E-state index in [0.717, 1.165) is 24.1 Å². The summed E-state index contributed by atoms with van der Waals surface area (Å²) in [5.74, 6) is 1.93. The first-order valence-electron chi connectivity index (χ1n) is 14.3. The van der Waals surface area contributed by atoms with Gasteiger partial charge in [0.15, 0.2) is 11.5 Å². The molecule has 0 saturated carbocycles. The number of carbonyl (C=O) groups excluding carboxylic acids is 2. The van der Waals surface area contributed by atoms with Crippen LogP contribution in [0.5, 0.6) is 17.4 Å². The molecular formula is C32H38N4O6. The molecule has 3 aromatic rings. The second-order valence-electron chi connectivity index (χ2n) is 11.4. The van der Waals surface area contributed by atoms with Crippen LogP contribution >= 0.6 is 0 Å². The Hall–Kier alpha value is -4.47. The maximum Gasteiger partial charge on any atom is 0.410 e. The van der Waals surface area contributed by atoms with Crippen molar-refractivity contribution in [2.75, 3.05) is 45.3 Å². The van der Waals surface area contributed by atoms with Gasteiger partial charge in [0.1, 0.15) is 24.5 Å². The lowest BCUT2D eigenvalue weighted by Gasteiger charge is -2.33. The first-order valence-corrected chi connectivity index (χ1v) is 14.3. The van der Waals surface area contributed by atoms with E-state index >= 15 is 0 Å². The number of aromatic nitrogens is 1. The number of ether oxygens (including phenoxy) is 4. The van der Waals surface area contributed by atoms with Crippen molar-refractivity contribution in [3.05, 3.63) is 60.2 Å². The molecule has 0 radical (unpaired) electrons. The number of hydrogen-bond donors (Lipinski definition) is 2. The van der Waals surface area contributed by atoms with Crippen LogP contribution in [0.3, 0.4) is 0 Å². The summed E-state index contributed by atoms with van der Waals surface area (Å²) in [7, 11) is 1.57. The van der Waals surface area contributed by atoms with Crippen LogP contribution in [0.2, 0.25) is 0 Å². The van der Waals surface area contributed by atoms with Gasteiger partial charge in [-0.1, -0.05) is 12.1 Å². The third kappa shape index (κ3) is 7.05. The molecule has 0 bridgehead atoms. The predicted octanol–water partition coefficient (Wildman–Crippen LogP) is 5.65. The molecule has 1 fully saturated rings. The van der Waals surface area contributed by atoms with E-state index in [2.05, 4.69) is 10.6 Å². The molecule has 10 heteroatoms. The monoisotopic (exact) mass is 574 g/mol. The molecule has 42 heavy (non-hydrogen) atoms. The average molecular weight is 575 g/mol. The van der Waals surface area contributed by atoms with E-state index in [1.807, 2.05) is 63.2 Å². The number of amides is 2. The molecule has 5 rings (SSSR count). The fourth-order valence-electron chi connectivity index (χ4n) is 5.00. The molecule has 2 aliphatic rings. The molecule has 3 heterocycles. The van der Waals surface area contributed by atoms with Gasteiger partial charge < -0.3 is 34.5 Å².